The Bertz CT molecular complexity index is 1080. The van der Waals surface area contributed by atoms with Crippen LogP contribution in [0.3, 0.4) is 0 Å². The van der Waals surface area contributed by atoms with Crippen LogP contribution in [0.15, 0.2) is 77.6 Å². The number of aromatic amines is 1. The summed E-state index contributed by atoms with van der Waals surface area (Å²) >= 11 is 0. The van der Waals surface area contributed by atoms with Crippen molar-refractivity contribution in [1.82, 2.24) is 9.55 Å². The molecule has 124 valence electrons. The summed E-state index contributed by atoms with van der Waals surface area (Å²) in [5, 5.41) is 0. The van der Waals surface area contributed by atoms with Crippen molar-refractivity contribution in [2.24, 2.45) is 0 Å². The van der Waals surface area contributed by atoms with Crippen LogP contribution in [-0.4, -0.2) is 9.55 Å². The Labute approximate surface area is 145 Å². The second-order valence-electron chi connectivity index (χ2n) is 6.05. The number of rotatable bonds is 4. The number of para-hydroxylation sites is 1. The minimum atomic E-state index is -0.119. The molecule has 1 N–H and O–H groups in total. The van der Waals surface area contributed by atoms with Crippen LogP contribution in [0.25, 0.3) is 11.0 Å². The van der Waals surface area contributed by atoms with Gasteiger partial charge < -0.3 is 9.72 Å². The van der Waals surface area contributed by atoms with E-state index >= 15 is 0 Å². The van der Waals surface area contributed by atoms with Gasteiger partial charge >= 0.3 is 5.69 Å². The molecule has 0 saturated heterocycles. The largest absolute Gasteiger partial charge is 0.457 e. The van der Waals surface area contributed by atoms with Gasteiger partial charge in [0.25, 0.3) is 0 Å². The van der Waals surface area contributed by atoms with Crippen molar-refractivity contribution >= 4 is 11.0 Å². The van der Waals surface area contributed by atoms with Crippen LogP contribution in [0.4, 0.5) is 0 Å². The lowest BCUT2D eigenvalue weighted by Gasteiger charge is -2.09. The fraction of sp³-hybridized carbons (Fsp3) is 0.0952. The van der Waals surface area contributed by atoms with E-state index < -0.39 is 0 Å². The quantitative estimate of drug-likeness (QED) is 0.600. The number of benzene rings is 3. The third-order valence-electron chi connectivity index (χ3n) is 4.25. The number of H-pyrrole nitrogens is 1. The summed E-state index contributed by atoms with van der Waals surface area (Å²) in [6.45, 7) is 2.55. The minimum absolute atomic E-state index is 0.119. The van der Waals surface area contributed by atoms with E-state index in [1.165, 1.54) is 0 Å². The van der Waals surface area contributed by atoms with Crippen molar-refractivity contribution in [1.29, 1.82) is 0 Å². The predicted molar refractivity (Wildman–Crippen MR) is 99.4 cm³/mol. The number of aryl methyl sites for hydroxylation is 1. The molecule has 4 aromatic rings. The fourth-order valence-corrected chi connectivity index (χ4v) is 2.93. The van der Waals surface area contributed by atoms with E-state index in [0.29, 0.717) is 12.3 Å². The second kappa shape index (κ2) is 6.32. The van der Waals surface area contributed by atoms with Crippen molar-refractivity contribution in [3.05, 3.63) is 94.4 Å². The van der Waals surface area contributed by atoms with Gasteiger partial charge in [-0.05, 0) is 36.2 Å². The standard InChI is InChI=1S/C21H18N2O2/c1-15-7-5-6-10-20(15)25-17-11-12-19-18(13-17)22-21(24)23(19)14-16-8-3-2-4-9-16/h2-13H,14H2,1H3,(H,22,24). The highest BCUT2D eigenvalue weighted by Crippen LogP contribution is 2.27. The Hall–Kier alpha value is -3.27. The van der Waals surface area contributed by atoms with Crippen molar-refractivity contribution in [3.8, 4) is 11.5 Å². The normalized spacial score (nSPS) is 10.9. The maximum atomic E-state index is 12.3. The van der Waals surface area contributed by atoms with Gasteiger partial charge in [-0.2, -0.15) is 0 Å². The highest BCUT2D eigenvalue weighted by Gasteiger charge is 2.09. The molecule has 25 heavy (non-hydrogen) atoms. The number of nitrogens with one attached hydrogen (secondary N) is 1. The Balaban J connectivity index is 1.69. The molecule has 0 bridgehead atoms. The van der Waals surface area contributed by atoms with Crippen LogP contribution in [-0.2, 0) is 6.54 Å². The van der Waals surface area contributed by atoms with Crippen LogP contribution in [0.1, 0.15) is 11.1 Å². The Morgan fingerprint density at radius 1 is 0.960 bits per heavy atom. The third-order valence-corrected chi connectivity index (χ3v) is 4.25. The molecular formula is C21H18N2O2. The van der Waals surface area contributed by atoms with Gasteiger partial charge in [-0.25, -0.2) is 4.79 Å². The average molecular weight is 330 g/mol. The van der Waals surface area contributed by atoms with Crippen molar-refractivity contribution in [3.63, 3.8) is 0 Å². The minimum Gasteiger partial charge on any atom is -0.457 e. The first-order valence-electron chi connectivity index (χ1n) is 8.21. The summed E-state index contributed by atoms with van der Waals surface area (Å²) in [6, 6.07) is 23.5. The van der Waals surface area contributed by atoms with Gasteiger partial charge in [0.15, 0.2) is 0 Å². The van der Waals surface area contributed by atoms with Gasteiger partial charge in [-0.3, -0.25) is 4.57 Å². The molecule has 4 nitrogen and oxygen atoms in total. The highest BCUT2D eigenvalue weighted by molar-refractivity contribution is 5.77. The lowest BCUT2D eigenvalue weighted by atomic mass is 10.2. The monoisotopic (exact) mass is 330 g/mol. The number of hydrogen-bond acceptors (Lipinski definition) is 2. The fourth-order valence-electron chi connectivity index (χ4n) is 2.93. The van der Waals surface area contributed by atoms with Gasteiger partial charge in [0.1, 0.15) is 11.5 Å². The summed E-state index contributed by atoms with van der Waals surface area (Å²) < 4.78 is 7.69. The first-order valence-corrected chi connectivity index (χ1v) is 8.21. The SMILES string of the molecule is Cc1ccccc1Oc1ccc2c(c1)[nH]c(=O)n2Cc1ccccc1. The van der Waals surface area contributed by atoms with Gasteiger partial charge in [-0.15, -0.1) is 0 Å². The highest BCUT2D eigenvalue weighted by atomic mass is 16.5. The van der Waals surface area contributed by atoms with Crippen molar-refractivity contribution < 1.29 is 4.74 Å². The molecule has 0 radical (unpaired) electrons. The van der Waals surface area contributed by atoms with E-state index in [1.807, 2.05) is 79.7 Å². The number of ether oxygens (including phenoxy) is 1. The lowest BCUT2D eigenvalue weighted by Crippen LogP contribution is -2.17. The number of imidazole rings is 1. The van der Waals surface area contributed by atoms with Crippen LogP contribution in [0.2, 0.25) is 0 Å². The number of aromatic nitrogens is 2. The van der Waals surface area contributed by atoms with Crippen LogP contribution < -0.4 is 10.4 Å². The topological polar surface area (TPSA) is 47.0 Å². The summed E-state index contributed by atoms with van der Waals surface area (Å²) in [7, 11) is 0. The molecule has 0 aliphatic heterocycles. The van der Waals surface area contributed by atoms with Crippen LogP contribution in [0.5, 0.6) is 11.5 Å². The van der Waals surface area contributed by atoms with E-state index in [0.717, 1.165) is 27.9 Å². The third kappa shape index (κ3) is 3.06. The zero-order valence-corrected chi connectivity index (χ0v) is 13.9. The molecule has 0 fully saturated rings. The predicted octanol–water partition coefficient (Wildman–Crippen LogP) is 4.48. The average Bonchev–Trinajstić information content (AvgIpc) is 2.93. The zero-order valence-electron chi connectivity index (χ0n) is 13.9. The molecule has 0 aliphatic carbocycles. The molecule has 0 saturated carbocycles. The Morgan fingerprint density at radius 3 is 2.52 bits per heavy atom. The number of hydrogen-bond donors (Lipinski definition) is 1. The van der Waals surface area contributed by atoms with Crippen molar-refractivity contribution in [2.45, 2.75) is 13.5 Å². The Morgan fingerprint density at radius 2 is 1.72 bits per heavy atom. The van der Waals surface area contributed by atoms with E-state index in [-0.39, 0.29) is 5.69 Å². The van der Waals surface area contributed by atoms with Gasteiger partial charge in [0, 0.05) is 6.07 Å². The zero-order chi connectivity index (χ0) is 17.2. The first kappa shape index (κ1) is 15.3. The first-order chi connectivity index (χ1) is 12.2. The molecule has 4 heteroatoms. The maximum absolute atomic E-state index is 12.3. The summed E-state index contributed by atoms with van der Waals surface area (Å²) in [5.74, 6) is 1.52. The van der Waals surface area contributed by atoms with E-state index in [1.54, 1.807) is 4.57 Å². The second-order valence-corrected chi connectivity index (χ2v) is 6.05. The molecule has 3 aromatic carbocycles. The lowest BCUT2D eigenvalue weighted by molar-refractivity contribution is 0.479. The molecule has 0 aliphatic rings. The van der Waals surface area contributed by atoms with Gasteiger partial charge in [0.2, 0.25) is 0 Å². The van der Waals surface area contributed by atoms with Crippen LogP contribution >= 0.6 is 0 Å². The van der Waals surface area contributed by atoms with Crippen molar-refractivity contribution in [2.75, 3.05) is 0 Å². The van der Waals surface area contributed by atoms with Gasteiger partial charge in [-0.1, -0.05) is 48.5 Å². The molecule has 0 unspecified atom stereocenters. The molecular weight excluding hydrogens is 312 g/mol. The number of nitrogens with zero attached hydrogens (tertiary/aromatic N) is 1. The van der Waals surface area contributed by atoms with Gasteiger partial charge in [0.05, 0.1) is 17.6 Å². The van der Waals surface area contributed by atoms with Crippen LogP contribution in [0, 0.1) is 6.92 Å². The molecule has 0 amide bonds. The summed E-state index contributed by atoms with van der Waals surface area (Å²) in [5.41, 5.74) is 3.67. The van der Waals surface area contributed by atoms with E-state index in [2.05, 4.69) is 4.98 Å². The summed E-state index contributed by atoms with van der Waals surface area (Å²) in [6.07, 6.45) is 0. The van der Waals surface area contributed by atoms with E-state index in [9.17, 15) is 4.79 Å². The molecule has 0 atom stereocenters. The number of fused-ring (bicyclic) bond motifs is 1. The Kier molecular flexibility index (Phi) is 3.86. The summed E-state index contributed by atoms with van der Waals surface area (Å²) in [4.78, 5) is 15.2. The van der Waals surface area contributed by atoms with E-state index in [4.69, 9.17) is 4.74 Å². The molecule has 4 rings (SSSR count). The molecule has 0 spiro atoms. The maximum Gasteiger partial charge on any atom is 0.326 e. The molecule has 1 heterocycles. The smallest absolute Gasteiger partial charge is 0.326 e. The molecule has 1 aromatic heterocycles.